The van der Waals surface area contributed by atoms with Crippen LogP contribution >= 0.6 is 11.6 Å². The highest BCUT2D eigenvalue weighted by molar-refractivity contribution is 6.32. The van der Waals surface area contributed by atoms with Gasteiger partial charge in [0.2, 0.25) is 0 Å². The molecule has 1 aliphatic heterocycles. The number of fused-ring (bicyclic) bond motifs is 1. The molecule has 2 aromatic rings. The van der Waals surface area contributed by atoms with Gasteiger partial charge < -0.3 is 5.32 Å². The average Bonchev–Trinajstić information content (AvgIpc) is 2.55. The van der Waals surface area contributed by atoms with Crippen LogP contribution in [0.1, 0.15) is 12.0 Å². The van der Waals surface area contributed by atoms with Crippen LogP contribution in [0.5, 0.6) is 0 Å². The van der Waals surface area contributed by atoms with Crippen LogP contribution in [-0.2, 0) is 6.42 Å². The van der Waals surface area contributed by atoms with E-state index in [0.717, 1.165) is 24.1 Å². The molecular formula is C16H14ClN3O3. The highest BCUT2D eigenvalue weighted by Gasteiger charge is 2.23. The fourth-order valence-corrected chi connectivity index (χ4v) is 2.85. The molecule has 0 radical (unpaired) electrons. The van der Waals surface area contributed by atoms with Crippen LogP contribution in [0.4, 0.5) is 21.9 Å². The predicted molar refractivity (Wildman–Crippen MR) is 89.2 cm³/mol. The van der Waals surface area contributed by atoms with Gasteiger partial charge >= 0.3 is 6.03 Å². The molecule has 0 saturated carbocycles. The number of carbonyl (C=O) groups is 1. The largest absolute Gasteiger partial charge is 0.326 e. The van der Waals surface area contributed by atoms with Crippen molar-refractivity contribution < 1.29 is 9.72 Å². The Bertz CT molecular complexity index is 779. The topological polar surface area (TPSA) is 75.5 Å². The van der Waals surface area contributed by atoms with E-state index in [4.69, 9.17) is 11.6 Å². The highest BCUT2D eigenvalue weighted by Crippen LogP contribution is 2.29. The van der Waals surface area contributed by atoms with Crippen molar-refractivity contribution in [2.24, 2.45) is 0 Å². The molecule has 3 rings (SSSR count). The van der Waals surface area contributed by atoms with Crippen molar-refractivity contribution in [3.8, 4) is 0 Å². The Balaban J connectivity index is 1.83. The zero-order valence-electron chi connectivity index (χ0n) is 12.2. The van der Waals surface area contributed by atoms with Crippen LogP contribution in [0.3, 0.4) is 0 Å². The molecule has 6 nitrogen and oxygen atoms in total. The van der Waals surface area contributed by atoms with Crippen molar-refractivity contribution in [3.05, 3.63) is 63.2 Å². The minimum absolute atomic E-state index is 0.0383. The van der Waals surface area contributed by atoms with Crippen molar-refractivity contribution in [3.63, 3.8) is 0 Å². The summed E-state index contributed by atoms with van der Waals surface area (Å²) in [5.74, 6) is 0. The van der Waals surface area contributed by atoms with Gasteiger partial charge in [0.15, 0.2) is 0 Å². The number of anilines is 2. The molecule has 118 valence electrons. The number of para-hydroxylation sites is 1. The lowest BCUT2D eigenvalue weighted by atomic mass is 10.0. The number of benzene rings is 2. The summed E-state index contributed by atoms with van der Waals surface area (Å²) in [4.78, 5) is 24.5. The van der Waals surface area contributed by atoms with E-state index >= 15 is 0 Å². The van der Waals surface area contributed by atoms with E-state index in [9.17, 15) is 14.9 Å². The lowest BCUT2D eigenvalue weighted by molar-refractivity contribution is -0.384. The molecule has 1 N–H and O–H groups in total. The van der Waals surface area contributed by atoms with Gasteiger partial charge in [0.05, 0.1) is 4.92 Å². The second-order valence-corrected chi connectivity index (χ2v) is 5.64. The summed E-state index contributed by atoms with van der Waals surface area (Å²) in [7, 11) is 0. The molecule has 0 spiro atoms. The van der Waals surface area contributed by atoms with Gasteiger partial charge in [-0.1, -0.05) is 29.8 Å². The first-order valence-electron chi connectivity index (χ1n) is 7.16. The van der Waals surface area contributed by atoms with Gasteiger partial charge in [0.1, 0.15) is 5.02 Å². The third-order valence-electron chi connectivity index (χ3n) is 3.75. The number of nitrogens with zero attached hydrogens (tertiary/aromatic N) is 2. The lowest BCUT2D eigenvalue weighted by Gasteiger charge is -2.29. The molecular weight excluding hydrogens is 318 g/mol. The molecule has 0 aromatic heterocycles. The fraction of sp³-hybridized carbons (Fsp3) is 0.188. The second-order valence-electron chi connectivity index (χ2n) is 5.24. The third kappa shape index (κ3) is 3.12. The van der Waals surface area contributed by atoms with Crippen LogP contribution < -0.4 is 10.2 Å². The Morgan fingerprint density at radius 2 is 2.04 bits per heavy atom. The minimum atomic E-state index is -0.575. The standard InChI is InChI=1S/C16H14ClN3O3/c17-13-8-7-12(10-15(13)20(22)23)18-16(21)19-9-3-5-11-4-1-2-6-14(11)19/h1-2,4,6-8,10H,3,5,9H2,(H,18,21). The van der Waals surface area contributed by atoms with E-state index in [0.29, 0.717) is 12.2 Å². The molecule has 23 heavy (non-hydrogen) atoms. The number of carbonyl (C=O) groups excluding carboxylic acids is 1. The summed E-state index contributed by atoms with van der Waals surface area (Å²) in [5, 5.41) is 13.7. The van der Waals surface area contributed by atoms with Gasteiger partial charge in [0, 0.05) is 24.0 Å². The van der Waals surface area contributed by atoms with Crippen molar-refractivity contribution in [2.75, 3.05) is 16.8 Å². The van der Waals surface area contributed by atoms with E-state index in [1.165, 1.54) is 12.1 Å². The predicted octanol–water partition coefficient (Wildman–Crippen LogP) is 4.23. The summed E-state index contributed by atoms with van der Waals surface area (Å²) in [5.41, 5.74) is 2.10. The Labute approximate surface area is 137 Å². The molecule has 2 aromatic carbocycles. The SMILES string of the molecule is O=C(Nc1ccc(Cl)c([N+](=O)[O-])c1)N1CCCc2ccccc21. The van der Waals surface area contributed by atoms with Gasteiger partial charge in [0.25, 0.3) is 5.69 Å². The number of nitro groups is 1. The van der Waals surface area contributed by atoms with E-state index in [-0.39, 0.29) is 16.7 Å². The number of rotatable bonds is 2. The zero-order chi connectivity index (χ0) is 16.4. The fourth-order valence-electron chi connectivity index (χ4n) is 2.67. The molecule has 2 amide bonds. The molecule has 7 heteroatoms. The van der Waals surface area contributed by atoms with E-state index < -0.39 is 4.92 Å². The quantitative estimate of drug-likeness (QED) is 0.660. The van der Waals surface area contributed by atoms with E-state index in [1.807, 2.05) is 24.3 Å². The second kappa shape index (κ2) is 6.26. The monoisotopic (exact) mass is 331 g/mol. The molecule has 1 aliphatic rings. The van der Waals surface area contributed by atoms with Crippen molar-refractivity contribution in [1.29, 1.82) is 0 Å². The van der Waals surface area contributed by atoms with Crippen LogP contribution in [0.25, 0.3) is 0 Å². The van der Waals surface area contributed by atoms with Crippen LogP contribution in [0.2, 0.25) is 5.02 Å². The number of aryl methyl sites for hydroxylation is 1. The van der Waals surface area contributed by atoms with Crippen molar-refractivity contribution >= 4 is 34.7 Å². The first-order valence-corrected chi connectivity index (χ1v) is 7.54. The van der Waals surface area contributed by atoms with Gasteiger partial charge in [-0.2, -0.15) is 0 Å². The van der Waals surface area contributed by atoms with Crippen LogP contribution in [0, 0.1) is 10.1 Å². The minimum Gasteiger partial charge on any atom is -0.307 e. The maximum atomic E-state index is 12.5. The van der Waals surface area contributed by atoms with Crippen molar-refractivity contribution in [1.82, 2.24) is 0 Å². The number of halogens is 1. The number of hydrogen-bond donors (Lipinski definition) is 1. The highest BCUT2D eigenvalue weighted by atomic mass is 35.5. The van der Waals surface area contributed by atoms with E-state index in [1.54, 1.807) is 11.0 Å². The number of amides is 2. The Morgan fingerprint density at radius 3 is 2.83 bits per heavy atom. The van der Waals surface area contributed by atoms with Crippen molar-refractivity contribution in [2.45, 2.75) is 12.8 Å². The number of nitrogens with one attached hydrogen (secondary N) is 1. The number of hydrogen-bond acceptors (Lipinski definition) is 3. The molecule has 0 aliphatic carbocycles. The lowest BCUT2D eigenvalue weighted by Crippen LogP contribution is -2.38. The third-order valence-corrected chi connectivity index (χ3v) is 4.07. The smallest absolute Gasteiger partial charge is 0.307 e. The van der Waals surface area contributed by atoms with Gasteiger partial charge in [-0.25, -0.2) is 4.79 Å². The first-order chi connectivity index (χ1) is 11.1. The summed E-state index contributed by atoms with van der Waals surface area (Å²) < 4.78 is 0. The van der Waals surface area contributed by atoms with Crippen LogP contribution in [0.15, 0.2) is 42.5 Å². The summed E-state index contributed by atoms with van der Waals surface area (Å²) in [6.07, 6.45) is 1.82. The number of nitro benzene ring substituents is 1. The van der Waals surface area contributed by atoms with Gasteiger partial charge in [-0.3, -0.25) is 15.0 Å². The molecule has 0 saturated heterocycles. The summed E-state index contributed by atoms with van der Waals surface area (Å²) in [6.45, 7) is 0.610. The molecule has 0 bridgehead atoms. The molecule has 1 heterocycles. The molecule has 0 unspecified atom stereocenters. The summed E-state index contributed by atoms with van der Waals surface area (Å²) in [6, 6.07) is 11.6. The zero-order valence-corrected chi connectivity index (χ0v) is 12.9. The van der Waals surface area contributed by atoms with Crippen LogP contribution in [-0.4, -0.2) is 17.5 Å². The Morgan fingerprint density at radius 1 is 1.26 bits per heavy atom. The Kier molecular flexibility index (Phi) is 4.16. The van der Waals surface area contributed by atoms with Gasteiger partial charge in [-0.05, 0) is 36.6 Å². The van der Waals surface area contributed by atoms with Gasteiger partial charge in [-0.15, -0.1) is 0 Å². The normalized spacial score (nSPS) is 13.3. The van der Waals surface area contributed by atoms with E-state index in [2.05, 4.69) is 5.32 Å². The Hall–Kier alpha value is -2.60. The number of urea groups is 1. The molecule has 0 atom stereocenters. The molecule has 0 fully saturated rings. The average molecular weight is 332 g/mol. The maximum Gasteiger partial charge on any atom is 0.326 e. The first kappa shape index (κ1) is 15.3. The maximum absolute atomic E-state index is 12.5. The summed E-state index contributed by atoms with van der Waals surface area (Å²) >= 11 is 5.78.